The summed E-state index contributed by atoms with van der Waals surface area (Å²) in [7, 11) is 0. The summed E-state index contributed by atoms with van der Waals surface area (Å²) in [6.45, 7) is 11.0. The van der Waals surface area contributed by atoms with E-state index in [0.717, 1.165) is 19.3 Å². The first-order valence-electron chi connectivity index (χ1n) is 5.55. The van der Waals surface area contributed by atoms with Crippen molar-refractivity contribution in [3.63, 3.8) is 0 Å². The van der Waals surface area contributed by atoms with Gasteiger partial charge in [0.2, 0.25) is 0 Å². The van der Waals surface area contributed by atoms with Crippen LogP contribution in [0.25, 0.3) is 0 Å². The highest BCUT2D eigenvalue weighted by Crippen LogP contribution is 2.39. The molecule has 14 heavy (non-hydrogen) atoms. The van der Waals surface area contributed by atoms with Crippen molar-refractivity contribution in [1.29, 1.82) is 0 Å². The summed E-state index contributed by atoms with van der Waals surface area (Å²) in [6.07, 6.45) is 7.01. The second-order valence-electron chi connectivity index (χ2n) is 6.66. The fourth-order valence-electron chi connectivity index (χ4n) is 2.15. The quantitative estimate of drug-likeness (QED) is 0.636. The van der Waals surface area contributed by atoms with Crippen molar-refractivity contribution in [2.75, 3.05) is 0 Å². The SMILES string of the molecule is CC(C)(C)CC1(O)C=CC(C)(C)CC1. The summed E-state index contributed by atoms with van der Waals surface area (Å²) >= 11 is 0. The number of rotatable bonds is 1. The largest absolute Gasteiger partial charge is 0.386 e. The average Bonchev–Trinajstić information content (AvgIpc) is 1.93. The van der Waals surface area contributed by atoms with Crippen LogP contribution in [-0.2, 0) is 0 Å². The van der Waals surface area contributed by atoms with Gasteiger partial charge in [0.25, 0.3) is 0 Å². The first-order valence-corrected chi connectivity index (χ1v) is 5.55. The van der Waals surface area contributed by atoms with Crippen LogP contribution >= 0.6 is 0 Å². The van der Waals surface area contributed by atoms with Crippen LogP contribution in [0.2, 0.25) is 0 Å². The lowest BCUT2D eigenvalue weighted by atomic mass is 9.71. The minimum absolute atomic E-state index is 0.195. The molecule has 0 heterocycles. The van der Waals surface area contributed by atoms with E-state index in [1.54, 1.807) is 0 Å². The molecule has 1 unspecified atom stereocenters. The van der Waals surface area contributed by atoms with E-state index in [9.17, 15) is 5.11 Å². The highest BCUT2D eigenvalue weighted by Gasteiger charge is 2.34. The molecule has 0 aromatic rings. The Balaban J connectivity index is 2.71. The number of hydrogen-bond acceptors (Lipinski definition) is 1. The monoisotopic (exact) mass is 196 g/mol. The van der Waals surface area contributed by atoms with Gasteiger partial charge in [0, 0.05) is 0 Å². The lowest BCUT2D eigenvalue weighted by Gasteiger charge is -2.38. The summed E-state index contributed by atoms with van der Waals surface area (Å²) < 4.78 is 0. The Morgan fingerprint density at radius 1 is 1.14 bits per heavy atom. The maximum Gasteiger partial charge on any atom is 0.0833 e. The maximum absolute atomic E-state index is 10.4. The Hall–Kier alpha value is -0.300. The van der Waals surface area contributed by atoms with Crippen LogP contribution in [0, 0.1) is 10.8 Å². The van der Waals surface area contributed by atoms with E-state index in [1.807, 2.05) is 6.08 Å². The van der Waals surface area contributed by atoms with Gasteiger partial charge >= 0.3 is 0 Å². The van der Waals surface area contributed by atoms with E-state index in [2.05, 4.69) is 40.7 Å². The van der Waals surface area contributed by atoms with Gasteiger partial charge in [-0.2, -0.15) is 0 Å². The summed E-state index contributed by atoms with van der Waals surface area (Å²) in [4.78, 5) is 0. The lowest BCUT2D eigenvalue weighted by Crippen LogP contribution is -2.36. The maximum atomic E-state index is 10.4. The zero-order valence-electron chi connectivity index (χ0n) is 10.2. The van der Waals surface area contributed by atoms with Crippen molar-refractivity contribution in [1.82, 2.24) is 0 Å². The third-order valence-electron chi connectivity index (χ3n) is 2.88. The predicted octanol–water partition coefficient (Wildman–Crippen LogP) is 3.53. The van der Waals surface area contributed by atoms with Gasteiger partial charge in [-0.05, 0) is 30.1 Å². The standard InChI is InChI=1S/C13H24O/c1-11(2,3)10-13(14)8-6-12(4,5)7-9-13/h6,8,14H,7,9-10H2,1-5H3. The van der Waals surface area contributed by atoms with Gasteiger partial charge < -0.3 is 5.11 Å². The van der Waals surface area contributed by atoms with E-state index < -0.39 is 5.60 Å². The van der Waals surface area contributed by atoms with Crippen LogP contribution in [0.5, 0.6) is 0 Å². The molecule has 1 aliphatic rings. The van der Waals surface area contributed by atoms with E-state index in [4.69, 9.17) is 0 Å². The second kappa shape index (κ2) is 3.37. The summed E-state index contributed by atoms with van der Waals surface area (Å²) in [5, 5.41) is 10.4. The van der Waals surface area contributed by atoms with Crippen LogP contribution in [0.1, 0.15) is 53.9 Å². The highest BCUT2D eigenvalue weighted by molar-refractivity contribution is 5.11. The molecule has 1 nitrogen and oxygen atoms in total. The fraction of sp³-hybridized carbons (Fsp3) is 0.846. The topological polar surface area (TPSA) is 20.2 Å². The zero-order valence-corrected chi connectivity index (χ0v) is 10.2. The molecule has 0 bridgehead atoms. The Morgan fingerprint density at radius 3 is 2.07 bits per heavy atom. The molecule has 0 aromatic carbocycles. The van der Waals surface area contributed by atoms with Crippen LogP contribution in [0.4, 0.5) is 0 Å². The molecule has 0 amide bonds. The van der Waals surface area contributed by atoms with Crippen LogP contribution in [-0.4, -0.2) is 10.7 Å². The fourth-order valence-corrected chi connectivity index (χ4v) is 2.15. The molecule has 1 heteroatoms. The summed E-state index contributed by atoms with van der Waals surface area (Å²) in [5.74, 6) is 0. The van der Waals surface area contributed by atoms with Gasteiger partial charge in [0.15, 0.2) is 0 Å². The summed E-state index contributed by atoms with van der Waals surface area (Å²) in [5.41, 5.74) is -0.0988. The van der Waals surface area contributed by atoms with Crippen molar-refractivity contribution in [3.05, 3.63) is 12.2 Å². The molecule has 0 saturated heterocycles. The Morgan fingerprint density at radius 2 is 1.71 bits per heavy atom. The van der Waals surface area contributed by atoms with Gasteiger partial charge in [-0.3, -0.25) is 0 Å². The molecule has 0 aromatic heterocycles. The molecular weight excluding hydrogens is 172 g/mol. The van der Waals surface area contributed by atoms with E-state index in [-0.39, 0.29) is 10.8 Å². The average molecular weight is 196 g/mol. The summed E-state index contributed by atoms with van der Waals surface area (Å²) in [6, 6.07) is 0. The molecule has 82 valence electrons. The Kier molecular flexibility index (Phi) is 2.84. The Bertz CT molecular complexity index is 232. The van der Waals surface area contributed by atoms with Crippen molar-refractivity contribution in [2.24, 2.45) is 10.8 Å². The number of allylic oxidation sites excluding steroid dienone is 1. The molecule has 0 spiro atoms. The normalized spacial score (nSPS) is 31.9. The molecule has 0 aliphatic heterocycles. The highest BCUT2D eigenvalue weighted by atomic mass is 16.3. The minimum Gasteiger partial charge on any atom is -0.386 e. The molecule has 0 fully saturated rings. The second-order valence-corrected chi connectivity index (χ2v) is 6.66. The predicted molar refractivity (Wildman–Crippen MR) is 61.2 cm³/mol. The van der Waals surface area contributed by atoms with Crippen molar-refractivity contribution >= 4 is 0 Å². The molecule has 1 aliphatic carbocycles. The van der Waals surface area contributed by atoms with Crippen LogP contribution in [0.3, 0.4) is 0 Å². The minimum atomic E-state index is -0.562. The Labute approximate surface area is 88.2 Å². The van der Waals surface area contributed by atoms with Gasteiger partial charge in [0.1, 0.15) is 0 Å². The molecule has 1 rings (SSSR count). The van der Waals surface area contributed by atoms with E-state index in [1.165, 1.54) is 0 Å². The number of aliphatic hydroxyl groups is 1. The molecule has 1 N–H and O–H groups in total. The van der Waals surface area contributed by atoms with Crippen molar-refractivity contribution < 1.29 is 5.11 Å². The smallest absolute Gasteiger partial charge is 0.0833 e. The lowest BCUT2D eigenvalue weighted by molar-refractivity contribution is 0.0226. The van der Waals surface area contributed by atoms with Crippen LogP contribution < -0.4 is 0 Å². The van der Waals surface area contributed by atoms with Gasteiger partial charge in [-0.1, -0.05) is 46.8 Å². The van der Waals surface area contributed by atoms with Crippen molar-refractivity contribution in [3.8, 4) is 0 Å². The van der Waals surface area contributed by atoms with E-state index in [0.29, 0.717) is 0 Å². The first-order chi connectivity index (χ1) is 6.12. The van der Waals surface area contributed by atoms with Gasteiger partial charge in [-0.25, -0.2) is 0 Å². The molecule has 0 radical (unpaired) electrons. The first kappa shape index (κ1) is 11.8. The third kappa shape index (κ3) is 3.45. The molecule has 0 saturated carbocycles. The van der Waals surface area contributed by atoms with E-state index >= 15 is 0 Å². The van der Waals surface area contributed by atoms with Gasteiger partial charge in [0.05, 0.1) is 5.60 Å². The zero-order chi connectivity index (χ0) is 11.0. The number of hydrogen-bond donors (Lipinski definition) is 1. The molecule has 1 atom stereocenters. The molecular formula is C13H24O. The van der Waals surface area contributed by atoms with Crippen LogP contribution in [0.15, 0.2) is 12.2 Å². The van der Waals surface area contributed by atoms with Gasteiger partial charge in [-0.15, -0.1) is 0 Å². The third-order valence-corrected chi connectivity index (χ3v) is 2.88. The van der Waals surface area contributed by atoms with Crippen molar-refractivity contribution in [2.45, 2.75) is 59.5 Å².